The van der Waals surface area contributed by atoms with Gasteiger partial charge in [-0.1, -0.05) is 0 Å². The summed E-state index contributed by atoms with van der Waals surface area (Å²) in [7, 11) is 3.20. The Morgan fingerprint density at radius 2 is 1.83 bits per heavy atom. The van der Waals surface area contributed by atoms with Crippen molar-refractivity contribution in [3.63, 3.8) is 0 Å². The molecule has 0 atom stereocenters. The van der Waals surface area contributed by atoms with Gasteiger partial charge in [-0.2, -0.15) is 0 Å². The van der Waals surface area contributed by atoms with Crippen molar-refractivity contribution in [1.82, 2.24) is 4.98 Å². The van der Waals surface area contributed by atoms with Gasteiger partial charge in [0, 0.05) is 6.20 Å². The molecule has 66 valence electrons. The van der Waals surface area contributed by atoms with Crippen molar-refractivity contribution in [2.24, 2.45) is 0 Å². The van der Waals surface area contributed by atoms with Crippen LogP contribution in [0, 0.1) is 6.92 Å². The van der Waals surface area contributed by atoms with Crippen LogP contribution in [0.2, 0.25) is 0 Å². The molecule has 0 saturated heterocycles. The van der Waals surface area contributed by atoms with E-state index in [1.165, 1.54) is 0 Å². The van der Waals surface area contributed by atoms with Gasteiger partial charge in [0.1, 0.15) is 0 Å². The second-order valence-corrected chi connectivity index (χ2v) is 3.11. The number of rotatable bonds is 2. The fourth-order valence-electron chi connectivity index (χ4n) is 0.974. The molecular weight excluding hydrogens is 222 g/mol. The van der Waals surface area contributed by atoms with Gasteiger partial charge >= 0.3 is 0 Å². The van der Waals surface area contributed by atoms with E-state index in [1.807, 2.05) is 6.92 Å². The number of hydrogen-bond donors (Lipinski definition) is 0. The highest BCUT2D eigenvalue weighted by atomic mass is 79.9. The highest BCUT2D eigenvalue weighted by molar-refractivity contribution is 9.10. The lowest BCUT2D eigenvalue weighted by Gasteiger charge is -2.10. The summed E-state index contributed by atoms with van der Waals surface area (Å²) in [5.41, 5.74) is 0.817. The smallest absolute Gasteiger partial charge is 0.183 e. The number of aromatic nitrogens is 1. The topological polar surface area (TPSA) is 31.4 Å². The maximum atomic E-state index is 5.14. The number of hydrogen-bond acceptors (Lipinski definition) is 3. The Kier molecular flexibility index (Phi) is 2.92. The first-order valence-electron chi connectivity index (χ1n) is 3.43. The molecule has 0 bridgehead atoms. The summed E-state index contributed by atoms with van der Waals surface area (Å²) in [6, 6.07) is 0. The number of ether oxygens (including phenoxy) is 2. The Hall–Kier alpha value is -0.770. The van der Waals surface area contributed by atoms with Crippen LogP contribution in [-0.2, 0) is 0 Å². The van der Waals surface area contributed by atoms with E-state index in [0.29, 0.717) is 11.5 Å². The van der Waals surface area contributed by atoms with E-state index in [9.17, 15) is 0 Å². The zero-order valence-corrected chi connectivity index (χ0v) is 8.81. The normalized spacial score (nSPS) is 9.67. The van der Waals surface area contributed by atoms with Gasteiger partial charge in [-0.15, -0.1) is 0 Å². The van der Waals surface area contributed by atoms with E-state index in [-0.39, 0.29) is 0 Å². The number of nitrogens with zero attached hydrogens (tertiary/aromatic N) is 1. The minimum atomic E-state index is 0.673. The van der Waals surface area contributed by atoms with Crippen molar-refractivity contribution >= 4 is 15.9 Å². The lowest BCUT2D eigenvalue weighted by molar-refractivity contribution is 0.349. The van der Waals surface area contributed by atoms with Crippen molar-refractivity contribution in [2.75, 3.05) is 14.2 Å². The van der Waals surface area contributed by atoms with E-state index < -0.39 is 0 Å². The SMILES string of the molecule is COc1c(Br)cnc(C)c1OC. The fourth-order valence-corrected chi connectivity index (χ4v) is 1.42. The van der Waals surface area contributed by atoms with Crippen LogP contribution in [0.25, 0.3) is 0 Å². The third kappa shape index (κ3) is 1.53. The zero-order valence-electron chi connectivity index (χ0n) is 7.22. The summed E-state index contributed by atoms with van der Waals surface area (Å²) in [6.07, 6.45) is 1.69. The van der Waals surface area contributed by atoms with Crippen LogP contribution in [0.4, 0.5) is 0 Å². The van der Waals surface area contributed by atoms with Crippen LogP contribution < -0.4 is 9.47 Å². The lowest BCUT2D eigenvalue weighted by atomic mass is 10.3. The van der Waals surface area contributed by atoms with Crippen LogP contribution in [0.15, 0.2) is 10.7 Å². The molecule has 0 unspecified atom stereocenters. The molecule has 0 fully saturated rings. The van der Waals surface area contributed by atoms with Crippen LogP contribution in [0.3, 0.4) is 0 Å². The van der Waals surface area contributed by atoms with Gasteiger partial charge in [-0.05, 0) is 22.9 Å². The van der Waals surface area contributed by atoms with Gasteiger partial charge in [0.25, 0.3) is 0 Å². The third-order valence-electron chi connectivity index (χ3n) is 1.53. The average Bonchev–Trinajstić information content (AvgIpc) is 2.08. The van der Waals surface area contributed by atoms with Crippen LogP contribution in [-0.4, -0.2) is 19.2 Å². The Balaban J connectivity index is 3.28. The second-order valence-electron chi connectivity index (χ2n) is 2.26. The largest absolute Gasteiger partial charge is 0.492 e. The van der Waals surface area contributed by atoms with Gasteiger partial charge in [-0.25, -0.2) is 0 Å². The van der Waals surface area contributed by atoms with Crippen LogP contribution >= 0.6 is 15.9 Å². The minimum Gasteiger partial charge on any atom is -0.492 e. The molecule has 1 rings (SSSR count). The summed E-state index contributed by atoms with van der Waals surface area (Å²) in [5, 5.41) is 0. The molecule has 4 heteroatoms. The average molecular weight is 232 g/mol. The standard InChI is InChI=1S/C8H10BrNO2/c1-5-7(11-2)8(12-3)6(9)4-10-5/h4H,1-3H3. The van der Waals surface area contributed by atoms with Crippen molar-refractivity contribution in [3.05, 3.63) is 16.4 Å². The first-order valence-corrected chi connectivity index (χ1v) is 4.23. The lowest BCUT2D eigenvalue weighted by Crippen LogP contribution is -1.95. The molecule has 1 aromatic heterocycles. The Bertz CT molecular complexity index is 260. The van der Waals surface area contributed by atoms with E-state index in [0.717, 1.165) is 10.2 Å². The quantitative estimate of drug-likeness (QED) is 0.782. The van der Waals surface area contributed by atoms with Gasteiger partial charge in [0.2, 0.25) is 0 Å². The molecule has 0 spiro atoms. The van der Waals surface area contributed by atoms with Gasteiger partial charge < -0.3 is 9.47 Å². The summed E-state index contributed by atoms with van der Waals surface area (Å²) < 4.78 is 11.1. The number of aryl methyl sites for hydroxylation is 1. The number of pyridine rings is 1. The van der Waals surface area contributed by atoms with E-state index in [4.69, 9.17) is 9.47 Å². The van der Waals surface area contributed by atoms with E-state index >= 15 is 0 Å². The maximum Gasteiger partial charge on any atom is 0.183 e. The summed E-state index contributed by atoms with van der Waals surface area (Å²) >= 11 is 3.31. The van der Waals surface area contributed by atoms with Gasteiger partial charge in [0.15, 0.2) is 11.5 Å². The highest BCUT2D eigenvalue weighted by Gasteiger charge is 2.11. The van der Waals surface area contributed by atoms with Crippen LogP contribution in [0.1, 0.15) is 5.69 Å². The van der Waals surface area contributed by atoms with E-state index in [1.54, 1.807) is 20.4 Å². The summed E-state index contributed by atoms with van der Waals surface area (Å²) in [5.74, 6) is 1.36. The highest BCUT2D eigenvalue weighted by Crippen LogP contribution is 2.35. The monoisotopic (exact) mass is 231 g/mol. The zero-order chi connectivity index (χ0) is 9.14. The van der Waals surface area contributed by atoms with Gasteiger partial charge in [-0.3, -0.25) is 4.98 Å². The molecule has 0 radical (unpaired) electrons. The molecule has 0 N–H and O–H groups in total. The summed E-state index contributed by atoms with van der Waals surface area (Å²) in [6.45, 7) is 1.87. The first kappa shape index (κ1) is 9.32. The Morgan fingerprint density at radius 3 is 2.25 bits per heavy atom. The molecular formula is C8H10BrNO2. The predicted molar refractivity (Wildman–Crippen MR) is 49.8 cm³/mol. The third-order valence-corrected chi connectivity index (χ3v) is 2.10. The predicted octanol–water partition coefficient (Wildman–Crippen LogP) is 2.17. The fraction of sp³-hybridized carbons (Fsp3) is 0.375. The Morgan fingerprint density at radius 1 is 1.25 bits per heavy atom. The molecule has 12 heavy (non-hydrogen) atoms. The van der Waals surface area contributed by atoms with Crippen molar-refractivity contribution < 1.29 is 9.47 Å². The van der Waals surface area contributed by atoms with Crippen molar-refractivity contribution in [1.29, 1.82) is 0 Å². The van der Waals surface area contributed by atoms with Gasteiger partial charge in [0.05, 0.1) is 24.4 Å². The molecule has 0 saturated carbocycles. The molecule has 1 heterocycles. The van der Waals surface area contributed by atoms with Crippen LogP contribution in [0.5, 0.6) is 11.5 Å². The van der Waals surface area contributed by atoms with Crippen molar-refractivity contribution in [3.8, 4) is 11.5 Å². The second kappa shape index (κ2) is 3.76. The molecule has 0 amide bonds. The number of methoxy groups -OCH3 is 2. The molecule has 3 nitrogen and oxygen atoms in total. The molecule has 0 aliphatic carbocycles. The minimum absolute atomic E-state index is 0.673. The summed E-state index contributed by atoms with van der Waals surface area (Å²) in [4.78, 5) is 4.11. The first-order chi connectivity index (χ1) is 5.70. The molecule has 0 aromatic carbocycles. The molecule has 1 aromatic rings. The maximum absolute atomic E-state index is 5.14. The van der Waals surface area contributed by atoms with Crippen molar-refractivity contribution in [2.45, 2.75) is 6.92 Å². The number of halogens is 1. The Labute approximate surface area is 79.8 Å². The molecule has 0 aliphatic rings. The molecule has 0 aliphatic heterocycles. The van der Waals surface area contributed by atoms with E-state index in [2.05, 4.69) is 20.9 Å².